The zero-order valence-electron chi connectivity index (χ0n) is 19.5. The van der Waals surface area contributed by atoms with Crippen molar-refractivity contribution < 1.29 is 19.1 Å². The number of anilines is 1. The zero-order valence-corrected chi connectivity index (χ0v) is 19.5. The van der Waals surface area contributed by atoms with E-state index in [1.165, 1.54) is 5.56 Å². The van der Waals surface area contributed by atoms with Crippen LogP contribution in [0.2, 0.25) is 0 Å². The second kappa shape index (κ2) is 10.0. The highest BCUT2D eigenvalue weighted by atomic mass is 16.6. The molecule has 1 atom stereocenters. The topological polar surface area (TPSA) is 75.2 Å². The van der Waals surface area contributed by atoms with E-state index in [1.54, 1.807) is 12.3 Å². The van der Waals surface area contributed by atoms with Gasteiger partial charge in [0.25, 0.3) is 5.91 Å². The molecular weight excluding hydrogens is 432 g/mol. The lowest BCUT2D eigenvalue weighted by molar-refractivity contribution is 0.0438. The van der Waals surface area contributed by atoms with Gasteiger partial charge in [-0.05, 0) is 37.0 Å². The highest BCUT2D eigenvalue weighted by Gasteiger charge is 2.46. The number of likely N-dealkylation sites (tertiary alicyclic amines) is 1. The Balaban J connectivity index is 1.20. The number of ether oxygens (including phenoxy) is 2. The van der Waals surface area contributed by atoms with Crippen molar-refractivity contribution in [3.8, 4) is 0 Å². The number of rotatable bonds is 5. The van der Waals surface area contributed by atoms with E-state index in [2.05, 4.69) is 22.0 Å². The number of carbonyl (C=O) groups excluding carboxylic acids is 2. The summed E-state index contributed by atoms with van der Waals surface area (Å²) in [5, 5.41) is 0. The molecule has 1 aromatic heterocycles. The van der Waals surface area contributed by atoms with Crippen molar-refractivity contribution in [2.45, 2.75) is 31.3 Å². The fourth-order valence-corrected chi connectivity index (χ4v) is 5.10. The Morgan fingerprint density at radius 1 is 1.03 bits per heavy atom. The highest BCUT2D eigenvalue weighted by Crippen LogP contribution is 2.34. The van der Waals surface area contributed by atoms with Crippen LogP contribution in [0.5, 0.6) is 0 Å². The summed E-state index contributed by atoms with van der Waals surface area (Å²) in [7, 11) is 0. The van der Waals surface area contributed by atoms with Crippen molar-refractivity contribution in [1.29, 1.82) is 0 Å². The molecule has 3 aliphatic rings. The van der Waals surface area contributed by atoms with Crippen LogP contribution in [0.1, 0.15) is 35.2 Å². The predicted molar refractivity (Wildman–Crippen MR) is 128 cm³/mol. The SMILES string of the molecule is O=C1O[C@]2(CCCN(C(=O)c3ccnc(N4CCOCC4)c3)CC2)CN1CCc1ccccc1. The van der Waals surface area contributed by atoms with Crippen LogP contribution < -0.4 is 4.90 Å². The van der Waals surface area contributed by atoms with E-state index < -0.39 is 5.60 Å². The van der Waals surface area contributed by atoms with Crippen molar-refractivity contribution in [3.05, 3.63) is 59.8 Å². The summed E-state index contributed by atoms with van der Waals surface area (Å²) >= 11 is 0. The molecule has 0 N–H and O–H groups in total. The van der Waals surface area contributed by atoms with E-state index >= 15 is 0 Å². The molecule has 8 heteroatoms. The molecule has 4 heterocycles. The molecule has 0 unspecified atom stereocenters. The van der Waals surface area contributed by atoms with Gasteiger partial charge in [-0.2, -0.15) is 0 Å². The van der Waals surface area contributed by atoms with E-state index in [1.807, 2.05) is 34.1 Å². The Hall–Kier alpha value is -3.13. The first kappa shape index (κ1) is 22.7. The molecule has 180 valence electrons. The van der Waals surface area contributed by atoms with Gasteiger partial charge in [0.2, 0.25) is 0 Å². The van der Waals surface area contributed by atoms with E-state index in [-0.39, 0.29) is 12.0 Å². The maximum atomic E-state index is 13.3. The van der Waals surface area contributed by atoms with Gasteiger partial charge in [0, 0.05) is 50.9 Å². The number of aromatic nitrogens is 1. The maximum Gasteiger partial charge on any atom is 0.410 e. The van der Waals surface area contributed by atoms with E-state index in [0.29, 0.717) is 51.4 Å². The third-order valence-electron chi connectivity index (χ3n) is 7.07. The van der Waals surface area contributed by atoms with Gasteiger partial charge in [0.05, 0.1) is 19.8 Å². The first-order valence-electron chi connectivity index (χ1n) is 12.2. The highest BCUT2D eigenvalue weighted by molar-refractivity contribution is 5.95. The van der Waals surface area contributed by atoms with E-state index in [9.17, 15) is 9.59 Å². The molecule has 2 aromatic rings. The average Bonchev–Trinajstić information content (AvgIpc) is 3.05. The number of hydrogen-bond acceptors (Lipinski definition) is 6. The second-order valence-corrected chi connectivity index (χ2v) is 9.36. The lowest BCUT2D eigenvalue weighted by Gasteiger charge is -2.28. The number of benzene rings is 1. The molecule has 3 aliphatic heterocycles. The molecule has 5 rings (SSSR count). The molecule has 1 spiro atoms. The summed E-state index contributed by atoms with van der Waals surface area (Å²) in [6.07, 6.45) is 4.53. The van der Waals surface area contributed by atoms with Crippen LogP contribution >= 0.6 is 0 Å². The Labute approximate surface area is 200 Å². The second-order valence-electron chi connectivity index (χ2n) is 9.36. The number of pyridine rings is 1. The molecule has 0 saturated carbocycles. The van der Waals surface area contributed by atoms with Crippen LogP contribution in [-0.4, -0.2) is 84.9 Å². The fourth-order valence-electron chi connectivity index (χ4n) is 5.10. The van der Waals surface area contributed by atoms with Crippen LogP contribution in [0.15, 0.2) is 48.7 Å². The van der Waals surface area contributed by atoms with Crippen LogP contribution in [0.3, 0.4) is 0 Å². The molecular formula is C26H32N4O4. The Bertz CT molecular complexity index is 1010. The van der Waals surface area contributed by atoms with Gasteiger partial charge in [-0.3, -0.25) is 4.79 Å². The quantitative estimate of drug-likeness (QED) is 0.677. The number of morpholine rings is 1. The summed E-state index contributed by atoms with van der Waals surface area (Å²) < 4.78 is 11.3. The number of hydrogen-bond donors (Lipinski definition) is 0. The van der Waals surface area contributed by atoms with Crippen LogP contribution in [0, 0.1) is 0 Å². The van der Waals surface area contributed by atoms with Gasteiger partial charge in [0.15, 0.2) is 0 Å². The van der Waals surface area contributed by atoms with Crippen molar-refractivity contribution in [2.75, 3.05) is 57.4 Å². The summed E-state index contributed by atoms with van der Waals surface area (Å²) in [6.45, 7) is 5.40. The molecule has 8 nitrogen and oxygen atoms in total. The minimum atomic E-state index is -0.500. The van der Waals surface area contributed by atoms with Gasteiger partial charge in [-0.15, -0.1) is 0 Å². The number of nitrogens with zero attached hydrogens (tertiary/aromatic N) is 4. The summed E-state index contributed by atoms with van der Waals surface area (Å²) in [5.74, 6) is 0.832. The normalized spacial score (nSPS) is 23.2. The lowest BCUT2D eigenvalue weighted by Crippen LogP contribution is -2.38. The lowest BCUT2D eigenvalue weighted by atomic mass is 9.95. The molecule has 0 radical (unpaired) electrons. The summed E-state index contributed by atoms with van der Waals surface area (Å²) in [5.41, 5.74) is 1.36. The third-order valence-corrected chi connectivity index (χ3v) is 7.07. The summed E-state index contributed by atoms with van der Waals surface area (Å²) in [6, 6.07) is 13.9. The zero-order chi connectivity index (χ0) is 23.4. The number of carbonyl (C=O) groups is 2. The van der Waals surface area contributed by atoms with Gasteiger partial charge in [-0.1, -0.05) is 30.3 Å². The molecule has 0 aliphatic carbocycles. The number of amides is 2. The molecule has 3 saturated heterocycles. The standard InChI is InChI=1S/C26H32N4O4/c31-24(22-7-11-27-23(19-22)28-15-17-33-18-16-28)29-12-4-9-26(10-14-29)20-30(25(32)34-26)13-8-21-5-2-1-3-6-21/h1-3,5-7,11,19H,4,8-10,12-18,20H2/t26-/m0/s1. The average molecular weight is 465 g/mol. The van der Waals surface area contributed by atoms with Crippen molar-refractivity contribution in [3.63, 3.8) is 0 Å². The minimum Gasteiger partial charge on any atom is -0.441 e. The Kier molecular flexibility index (Phi) is 6.67. The van der Waals surface area contributed by atoms with E-state index in [4.69, 9.17) is 9.47 Å². The first-order chi connectivity index (χ1) is 16.6. The monoisotopic (exact) mass is 464 g/mol. The maximum absolute atomic E-state index is 13.3. The Morgan fingerprint density at radius 2 is 1.85 bits per heavy atom. The predicted octanol–water partition coefficient (Wildman–Crippen LogP) is 2.98. The van der Waals surface area contributed by atoms with Crippen LogP contribution in [-0.2, 0) is 15.9 Å². The van der Waals surface area contributed by atoms with Crippen LogP contribution in [0.4, 0.5) is 10.6 Å². The Morgan fingerprint density at radius 3 is 2.68 bits per heavy atom. The fraction of sp³-hybridized carbons (Fsp3) is 0.500. The van der Waals surface area contributed by atoms with E-state index in [0.717, 1.165) is 38.2 Å². The van der Waals surface area contributed by atoms with Crippen LogP contribution in [0.25, 0.3) is 0 Å². The van der Waals surface area contributed by atoms with Gasteiger partial charge >= 0.3 is 6.09 Å². The molecule has 3 fully saturated rings. The van der Waals surface area contributed by atoms with Gasteiger partial charge < -0.3 is 24.2 Å². The minimum absolute atomic E-state index is 0.0132. The first-order valence-corrected chi connectivity index (χ1v) is 12.2. The van der Waals surface area contributed by atoms with Gasteiger partial charge in [0.1, 0.15) is 11.4 Å². The largest absolute Gasteiger partial charge is 0.441 e. The third kappa shape index (κ3) is 5.01. The van der Waals surface area contributed by atoms with Crippen molar-refractivity contribution >= 4 is 17.8 Å². The van der Waals surface area contributed by atoms with Gasteiger partial charge in [-0.25, -0.2) is 9.78 Å². The molecule has 34 heavy (non-hydrogen) atoms. The molecule has 0 bridgehead atoms. The molecule has 2 amide bonds. The van der Waals surface area contributed by atoms with Crippen molar-refractivity contribution in [1.82, 2.24) is 14.8 Å². The molecule has 1 aromatic carbocycles. The van der Waals surface area contributed by atoms with Crippen molar-refractivity contribution in [2.24, 2.45) is 0 Å². The summed E-state index contributed by atoms with van der Waals surface area (Å²) in [4.78, 5) is 36.3. The smallest absolute Gasteiger partial charge is 0.410 e.